The zero-order valence-electron chi connectivity index (χ0n) is 10.3. The molecule has 1 aromatic carbocycles. The number of amidine groups is 1. The van der Waals surface area contributed by atoms with Gasteiger partial charge in [0.1, 0.15) is 11.4 Å². The first kappa shape index (κ1) is 12.6. The molecule has 2 rings (SSSR count). The molecule has 0 aromatic heterocycles. The topological polar surface area (TPSA) is 87.7 Å². The molecule has 0 spiro atoms. The number of rotatable bonds is 4. The Morgan fingerprint density at radius 2 is 2.17 bits per heavy atom. The van der Waals surface area contributed by atoms with Crippen molar-refractivity contribution in [2.75, 3.05) is 13.1 Å². The van der Waals surface area contributed by atoms with Crippen molar-refractivity contribution in [1.82, 2.24) is 5.32 Å². The minimum absolute atomic E-state index is 0.308. The van der Waals surface area contributed by atoms with Gasteiger partial charge in [0.2, 0.25) is 0 Å². The molecule has 96 valence electrons. The fraction of sp³-hybridized carbons (Fsp3) is 0.385. The number of hydrogen-bond donors (Lipinski definition) is 3. The molecule has 18 heavy (non-hydrogen) atoms. The van der Waals surface area contributed by atoms with Crippen LogP contribution in [0.15, 0.2) is 29.3 Å². The van der Waals surface area contributed by atoms with Gasteiger partial charge in [-0.3, -0.25) is 9.79 Å². The van der Waals surface area contributed by atoms with Gasteiger partial charge in [-0.2, -0.15) is 0 Å². The molecule has 1 aliphatic heterocycles. The Morgan fingerprint density at radius 3 is 2.67 bits per heavy atom. The van der Waals surface area contributed by atoms with Crippen LogP contribution in [-0.2, 0) is 11.2 Å². The lowest BCUT2D eigenvalue weighted by Gasteiger charge is -2.19. The second-order valence-electron chi connectivity index (χ2n) is 4.75. The number of hydrogen-bond acceptors (Lipinski definition) is 4. The fourth-order valence-corrected chi connectivity index (χ4v) is 1.87. The molecule has 4 N–H and O–H groups in total. The molecule has 1 aliphatic rings. The number of carbonyl (C=O) groups is 1. The lowest BCUT2D eigenvalue weighted by atomic mass is 9.93. The van der Waals surface area contributed by atoms with Crippen molar-refractivity contribution >= 4 is 11.8 Å². The van der Waals surface area contributed by atoms with Crippen LogP contribution in [0, 0.1) is 0 Å². The molecule has 1 aromatic rings. The van der Waals surface area contributed by atoms with E-state index in [1.165, 1.54) is 6.92 Å². The molecule has 1 atom stereocenters. The number of aliphatic carboxylic acids is 1. The van der Waals surface area contributed by atoms with Crippen LogP contribution in [0.1, 0.15) is 18.1 Å². The van der Waals surface area contributed by atoms with Crippen molar-refractivity contribution in [3.8, 4) is 0 Å². The van der Waals surface area contributed by atoms with Crippen molar-refractivity contribution < 1.29 is 9.90 Å². The second-order valence-corrected chi connectivity index (χ2v) is 4.75. The van der Waals surface area contributed by atoms with Crippen molar-refractivity contribution in [3.05, 3.63) is 35.4 Å². The van der Waals surface area contributed by atoms with Crippen LogP contribution in [0.5, 0.6) is 0 Å². The Morgan fingerprint density at radius 1 is 1.50 bits per heavy atom. The standard InChI is InChI=1S/C13H17N3O2/c1-13(14,12(17)18)8-9-2-4-10(5-3-9)11-15-6-7-16-11/h2-5H,6-8,14H2,1H3,(H,15,16)(H,17,18)/t13-/m1/s1. The van der Waals surface area contributed by atoms with E-state index in [1.54, 1.807) is 0 Å². The molecule has 0 saturated heterocycles. The van der Waals surface area contributed by atoms with Crippen molar-refractivity contribution in [3.63, 3.8) is 0 Å². The summed E-state index contributed by atoms with van der Waals surface area (Å²) >= 11 is 0. The zero-order chi connectivity index (χ0) is 13.2. The maximum Gasteiger partial charge on any atom is 0.323 e. The number of nitrogens with one attached hydrogen (secondary N) is 1. The van der Waals surface area contributed by atoms with Gasteiger partial charge in [-0.25, -0.2) is 0 Å². The van der Waals surface area contributed by atoms with Gasteiger partial charge in [-0.05, 0) is 12.5 Å². The van der Waals surface area contributed by atoms with E-state index in [4.69, 9.17) is 10.8 Å². The van der Waals surface area contributed by atoms with Gasteiger partial charge in [-0.15, -0.1) is 0 Å². The summed E-state index contributed by atoms with van der Waals surface area (Å²) in [6.07, 6.45) is 0.308. The van der Waals surface area contributed by atoms with Crippen molar-refractivity contribution in [2.45, 2.75) is 18.9 Å². The maximum absolute atomic E-state index is 10.9. The highest BCUT2D eigenvalue weighted by molar-refractivity contribution is 5.99. The number of nitrogens with zero attached hydrogens (tertiary/aromatic N) is 1. The van der Waals surface area contributed by atoms with Gasteiger partial charge in [-0.1, -0.05) is 24.3 Å². The van der Waals surface area contributed by atoms with Gasteiger partial charge in [0.25, 0.3) is 0 Å². The highest BCUT2D eigenvalue weighted by Crippen LogP contribution is 2.13. The molecular formula is C13H17N3O2. The molecule has 5 nitrogen and oxygen atoms in total. The Kier molecular flexibility index (Phi) is 3.34. The predicted molar refractivity (Wildman–Crippen MR) is 69.8 cm³/mol. The van der Waals surface area contributed by atoms with Gasteiger partial charge in [0.05, 0.1) is 6.54 Å². The largest absolute Gasteiger partial charge is 0.480 e. The fourth-order valence-electron chi connectivity index (χ4n) is 1.87. The molecule has 0 amide bonds. The van der Waals surface area contributed by atoms with Crippen LogP contribution in [-0.4, -0.2) is 35.5 Å². The van der Waals surface area contributed by atoms with Crippen LogP contribution in [0.25, 0.3) is 0 Å². The van der Waals surface area contributed by atoms with Crippen LogP contribution < -0.4 is 11.1 Å². The first-order valence-electron chi connectivity index (χ1n) is 5.89. The van der Waals surface area contributed by atoms with E-state index in [9.17, 15) is 4.79 Å². The van der Waals surface area contributed by atoms with Gasteiger partial charge in [0, 0.05) is 18.5 Å². The monoisotopic (exact) mass is 247 g/mol. The first-order chi connectivity index (χ1) is 8.49. The van der Waals surface area contributed by atoms with Crippen molar-refractivity contribution in [1.29, 1.82) is 0 Å². The third kappa shape index (κ3) is 2.68. The lowest BCUT2D eigenvalue weighted by molar-refractivity contribution is -0.142. The predicted octanol–water partition coefficient (Wildman–Crippen LogP) is 0.381. The molecule has 0 radical (unpaired) electrons. The van der Waals surface area contributed by atoms with E-state index < -0.39 is 11.5 Å². The normalized spacial score (nSPS) is 17.8. The molecular weight excluding hydrogens is 230 g/mol. The van der Waals surface area contributed by atoms with E-state index in [1.807, 2.05) is 24.3 Å². The molecule has 5 heteroatoms. The Hall–Kier alpha value is -1.88. The summed E-state index contributed by atoms with van der Waals surface area (Å²) in [6, 6.07) is 7.66. The molecule has 0 fully saturated rings. The first-order valence-corrected chi connectivity index (χ1v) is 5.89. The third-order valence-electron chi connectivity index (χ3n) is 2.96. The second kappa shape index (κ2) is 4.78. The average Bonchev–Trinajstić information content (AvgIpc) is 2.83. The van der Waals surface area contributed by atoms with Gasteiger partial charge in [0.15, 0.2) is 0 Å². The molecule has 1 heterocycles. The quantitative estimate of drug-likeness (QED) is 0.718. The molecule has 0 bridgehead atoms. The summed E-state index contributed by atoms with van der Waals surface area (Å²) in [5.74, 6) is -0.0938. The van der Waals surface area contributed by atoms with Crippen LogP contribution >= 0.6 is 0 Å². The minimum Gasteiger partial charge on any atom is -0.480 e. The third-order valence-corrected chi connectivity index (χ3v) is 2.96. The molecule has 0 saturated carbocycles. The lowest BCUT2D eigenvalue weighted by Crippen LogP contribution is -2.46. The minimum atomic E-state index is -1.23. The van der Waals surface area contributed by atoms with E-state index in [0.29, 0.717) is 6.42 Å². The number of aliphatic imine (C=N–C) groups is 1. The Bertz CT molecular complexity index is 478. The van der Waals surface area contributed by atoms with E-state index in [-0.39, 0.29) is 0 Å². The summed E-state index contributed by atoms with van der Waals surface area (Å²) in [5.41, 5.74) is 6.41. The van der Waals surface area contributed by atoms with Crippen LogP contribution in [0.4, 0.5) is 0 Å². The summed E-state index contributed by atoms with van der Waals surface area (Å²) in [7, 11) is 0. The smallest absolute Gasteiger partial charge is 0.323 e. The number of nitrogens with two attached hydrogens (primary N) is 1. The number of carboxylic acids is 1. The highest BCUT2D eigenvalue weighted by atomic mass is 16.4. The maximum atomic E-state index is 10.9. The van der Waals surface area contributed by atoms with E-state index >= 15 is 0 Å². The van der Waals surface area contributed by atoms with Crippen LogP contribution in [0.2, 0.25) is 0 Å². The summed E-state index contributed by atoms with van der Waals surface area (Å²) in [4.78, 5) is 15.3. The summed E-state index contributed by atoms with van der Waals surface area (Å²) in [6.45, 7) is 3.19. The molecule has 0 aliphatic carbocycles. The average molecular weight is 247 g/mol. The Labute approximate surface area is 106 Å². The number of carboxylic acid groups (broad SMARTS) is 1. The van der Waals surface area contributed by atoms with E-state index in [0.717, 1.165) is 30.1 Å². The Balaban J connectivity index is 2.10. The van der Waals surface area contributed by atoms with E-state index in [2.05, 4.69) is 10.3 Å². The number of benzene rings is 1. The summed E-state index contributed by atoms with van der Waals surface area (Å²) < 4.78 is 0. The SMILES string of the molecule is C[C@@](N)(Cc1ccc(C2=NCCN2)cc1)C(=O)O. The van der Waals surface area contributed by atoms with Gasteiger partial charge < -0.3 is 16.2 Å². The van der Waals surface area contributed by atoms with Crippen molar-refractivity contribution in [2.24, 2.45) is 10.7 Å². The van der Waals surface area contributed by atoms with Gasteiger partial charge >= 0.3 is 5.97 Å². The highest BCUT2D eigenvalue weighted by Gasteiger charge is 2.27. The zero-order valence-corrected chi connectivity index (χ0v) is 10.3. The summed E-state index contributed by atoms with van der Waals surface area (Å²) in [5, 5.41) is 12.2. The molecule has 0 unspecified atom stereocenters. The van der Waals surface area contributed by atoms with Crippen LogP contribution in [0.3, 0.4) is 0 Å².